The summed E-state index contributed by atoms with van der Waals surface area (Å²) >= 11 is 6.20. The number of nitrogens with zero attached hydrogens (tertiary/aromatic N) is 2. The molecule has 0 aliphatic rings. The fourth-order valence-corrected chi connectivity index (χ4v) is 3.05. The van der Waals surface area contributed by atoms with Gasteiger partial charge in [0.1, 0.15) is 0 Å². The van der Waals surface area contributed by atoms with Crippen LogP contribution < -0.4 is 5.32 Å². The number of hydrogen-bond donors (Lipinski definition) is 1. The lowest BCUT2D eigenvalue weighted by Crippen LogP contribution is -2.16. The van der Waals surface area contributed by atoms with Gasteiger partial charge in [0.25, 0.3) is 5.91 Å². The molecule has 1 aromatic heterocycles. The predicted octanol–water partition coefficient (Wildman–Crippen LogP) is 4.49. The zero-order valence-electron chi connectivity index (χ0n) is 16.0. The Kier molecular flexibility index (Phi) is 5.51. The molecule has 2 aromatic carbocycles. The molecule has 3 aromatic rings. The van der Waals surface area contributed by atoms with Crippen molar-refractivity contribution in [2.24, 2.45) is 0 Å². The number of carbonyl (C=O) groups excluding carboxylic acids is 2. The average Bonchev–Trinajstić information content (AvgIpc) is 2.96. The number of aryl methyl sites for hydroxylation is 2. The second-order valence-corrected chi connectivity index (χ2v) is 6.76. The van der Waals surface area contributed by atoms with E-state index in [1.54, 1.807) is 41.1 Å². The number of esters is 1. The van der Waals surface area contributed by atoms with E-state index in [1.807, 2.05) is 26.8 Å². The quantitative estimate of drug-likeness (QED) is 0.658. The van der Waals surface area contributed by atoms with Gasteiger partial charge in [0, 0.05) is 5.56 Å². The first-order chi connectivity index (χ1) is 13.3. The van der Waals surface area contributed by atoms with Gasteiger partial charge in [-0.2, -0.15) is 5.10 Å². The molecule has 0 aliphatic heterocycles. The second-order valence-electron chi connectivity index (χ2n) is 6.39. The molecule has 6 nitrogen and oxygen atoms in total. The number of nitrogens with one attached hydrogen (secondary N) is 1. The van der Waals surface area contributed by atoms with E-state index in [2.05, 4.69) is 10.4 Å². The third-order valence-corrected chi connectivity index (χ3v) is 5.04. The van der Waals surface area contributed by atoms with Crippen LogP contribution in [0.2, 0.25) is 5.02 Å². The summed E-state index contributed by atoms with van der Waals surface area (Å²) in [6.07, 6.45) is 0. The van der Waals surface area contributed by atoms with E-state index in [4.69, 9.17) is 16.3 Å². The van der Waals surface area contributed by atoms with Gasteiger partial charge in [-0.3, -0.25) is 4.79 Å². The summed E-state index contributed by atoms with van der Waals surface area (Å²) in [5, 5.41) is 7.84. The van der Waals surface area contributed by atoms with Crippen molar-refractivity contribution in [3.63, 3.8) is 0 Å². The molecule has 0 aliphatic carbocycles. The van der Waals surface area contributed by atoms with Crippen LogP contribution in [0.25, 0.3) is 5.69 Å². The van der Waals surface area contributed by atoms with Crippen LogP contribution in [0, 0.1) is 20.8 Å². The fraction of sp³-hybridized carbons (Fsp3) is 0.190. The molecule has 0 bridgehead atoms. The van der Waals surface area contributed by atoms with E-state index in [0.717, 1.165) is 22.6 Å². The number of benzene rings is 2. The molecule has 7 heteroatoms. The Morgan fingerprint density at radius 1 is 1.07 bits per heavy atom. The lowest BCUT2D eigenvalue weighted by molar-refractivity contribution is 0.0602. The van der Waals surface area contributed by atoms with E-state index >= 15 is 0 Å². The molecule has 3 rings (SSSR count). The van der Waals surface area contributed by atoms with Crippen LogP contribution in [-0.4, -0.2) is 28.8 Å². The monoisotopic (exact) mass is 397 g/mol. The van der Waals surface area contributed by atoms with E-state index in [-0.39, 0.29) is 5.91 Å². The maximum absolute atomic E-state index is 12.7. The van der Waals surface area contributed by atoms with Crippen molar-refractivity contribution >= 4 is 29.2 Å². The molecule has 0 fully saturated rings. The Hall–Kier alpha value is -3.12. The second kappa shape index (κ2) is 7.86. The van der Waals surface area contributed by atoms with Crippen LogP contribution in [-0.2, 0) is 4.74 Å². The van der Waals surface area contributed by atoms with Crippen LogP contribution in [0.4, 0.5) is 5.69 Å². The summed E-state index contributed by atoms with van der Waals surface area (Å²) in [5.41, 5.74) is 4.35. The highest BCUT2D eigenvalue weighted by atomic mass is 35.5. The third-order valence-electron chi connectivity index (χ3n) is 4.49. The molecule has 0 spiro atoms. The Bertz CT molecular complexity index is 1060. The summed E-state index contributed by atoms with van der Waals surface area (Å²) < 4.78 is 6.53. The number of para-hydroxylation sites is 1. The van der Waals surface area contributed by atoms with Crippen molar-refractivity contribution in [1.82, 2.24) is 9.78 Å². The predicted molar refractivity (Wildman–Crippen MR) is 109 cm³/mol. The van der Waals surface area contributed by atoms with E-state index < -0.39 is 5.97 Å². The SMILES string of the molecule is COC(=O)c1cccc(C)c1NC(=O)c1ccc(-n2nc(C)c(Cl)c2C)cc1. The minimum absolute atomic E-state index is 0.310. The summed E-state index contributed by atoms with van der Waals surface area (Å²) in [6.45, 7) is 5.54. The largest absolute Gasteiger partial charge is 0.465 e. The van der Waals surface area contributed by atoms with Gasteiger partial charge in [-0.25, -0.2) is 9.48 Å². The van der Waals surface area contributed by atoms with E-state index in [1.165, 1.54) is 7.11 Å². The van der Waals surface area contributed by atoms with Crippen molar-refractivity contribution in [3.05, 3.63) is 75.6 Å². The number of amides is 1. The molecule has 0 saturated heterocycles. The highest BCUT2D eigenvalue weighted by Crippen LogP contribution is 2.24. The number of halogens is 1. The summed E-state index contributed by atoms with van der Waals surface area (Å²) in [4.78, 5) is 24.7. The molecule has 1 N–H and O–H groups in total. The van der Waals surface area contributed by atoms with Gasteiger partial charge in [0.2, 0.25) is 0 Å². The molecule has 0 unspecified atom stereocenters. The zero-order chi connectivity index (χ0) is 20.4. The van der Waals surface area contributed by atoms with Crippen molar-refractivity contribution in [1.29, 1.82) is 0 Å². The van der Waals surface area contributed by atoms with Crippen LogP contribution in [0.15, 0.2) is 42.5 Å². The fourth-order valence-electron chi connectivity index (χ4n) is 2.93. The minimum Gasteiger partial charge on any atom is -0.465 e. The van der Waals surface area contributed by atoms with Gasteiger partial charge in [-0.05, 0) is 56.7 Å². The standard InChI is InChI=1S/C21H20ClN3O3/c1-12-6-5-7-17(21(27)28-4)19(12)23-20(26)15-8-10-16(11-9-15)25-14(3)18(22)13(2)24-25/h5-11H,1-4H3,(H,23,26). The number of carbonyl (C=O) groups is 2. The lowest BCUT2D eigenvalue weighted by Gasteiger charge is -2.13. The molecule has 1 amide bonds. The van der Waals surface area contributed by atoms with Gasteiger partial charge in [-0.1, -0.05) is 23.7 Å². The third kappa shape index (κ3) is 3.64. The Balaban J connectivity index is 1.87. The van der Waals surface area contributed by atoms with Gasteiger partial charge in [-0.15, -0.1) is 0 Å². The number of methoxy groups -OCH3 is 1. The molecule has 0 atom stereocenters. The van der Waals surface area contributed by atoms with Gasteiger partial charge >= 0.3 is 5.97 Å². The Morgan fingerprint density at radius 3 is 2.32 bits per heavy atom. The smallest absolute Gasteiger partial charge is 0.339 e. The van der Waals surface area contributed by atoms with Crippen molar-refractivity contribution in [3.8, 4) is 5.69 Å². The number of aromatic nitrogens is 2. The van der Waals surface area contributed by atoms with E-state index in [0.29, 0.717) is 21.8 Å². The van der Waals surface area contributed by atoms with Crippen LogP contribution >= 0.6 is 11.6 Å². The number of hydrogen-bond acceptors (Lipinski definition) is 4. The molecular weight excluding hydrogens is 378 g/mol. The van der Waals surface area contributed by atoms with Crippen molar-refractivity contribution < 1.29 is 14.3 Å². The Morgan fingerprint density at radius 2 is 1.75 bits per heavy atom. The highest BCUT2D eigenvalue weighted by molar-refractivity contribution is 6.31. The van der Waals surface area contributed by atoms with Crippen LogP contribution in [0.5, 0.6) is 0 Å². The maximum atomic E-state index is 12.7. The molecule has 0 saturated carbocycles. The number of ether oxygens (including phenoxy) is 1. The first-order valence-electron chi connectivity index (χ1n) is 8.65. The number of rotatable bonds is 4. The summed E-state index contributed by atoms with van der Waals surface area (Å²) in [7, 11) is 1.31. The molecule has 0 radical (unpaired) electrons. The van der Waals surface area contributed by atoms with Crippen LogP contribution in [0.1, 0.15) is 37.7 Å². The maximum Gasteiger partial charge on any atom is 0.339 e. The van der Waals surface area contributed by atoms with Gasteiger partial charge in [0.15, 0.2) is 0 Å². The zero-order valence-corrected chi connectivity index (χ0v) is 16.8. The van der Waals surface area contributed by atoms with Crippen molar-refractivity contribution in [2.45, 2.75) is 20.8 Å². The first kappa shape index (κ1) is 19.6. The summed E-state index contributed by atoms with van der Waals surface area (Å²) in [6, 6.07) is 12.2. The molecule has 1 heterocycles. The minimum atomic E-state index is -0.504. The first-order valence-corrected chi connectivity index (χ1v) is 9.02. The summed E-state index contributed by atoms with van der Waals surface area (Å²) in [5.74, 6) is -0.826. The molecular formula is C21H20ClN3O3. The van der Waals surface area contributed by atoms with Gasteiger partial charge < -0.3 is 10.1 Å². The molecule has 28 heavy (non-hydrogen) atoms. The normalized spacial score (nSPS) is 10.6. The Labute approximate surface area is 168 Å². The van der Waals surface area contributed by atoms with Crippen LogP contribution in [0.3, 0.4) is 0 Å². The lowest BCUT2D eigenvalue weighted by atomic mass is 10.1. The molecule has 144 valence electrons. The van der Waals surface area contributed by atoms with Crippen molar-refractivity contribution in [2.75, 3.05) is 12.4 Å². The van der Waals surface area contributed by atoms with Gasteiger partial charge in [0.05, 0.1) is 40.5 Å². The average molecular weight is 398 g/mol. The topological polar surface area (TPSA) is 73.2 Å². The van der Waals surface area contributed by atoms with E-state index in [9.17, 15) is 9.59 Å². The number of anilines is 1. The highest BCUT2D eigenvalue weighted by Gasteiger charge is 2.17.